The smallest absolute Gasteiger partial charge is 0.326 e. The third-order valence-electron chi connectivity index (χ3n) is 2.67. The Labute approximate surface area is 129 Å². The molecule has 0 aliphatic rings. The molecule has 1 rings (SSSR count). The van der Waals surface area contributed by atoms with E-state index >= 15 is 0 Å². The lowest BCUT2D eigenvalue weighted by molar-refractivity contribution is 0.256. The fourth-order valence-corrected chi connectivity index (χ4v) is 2.02. The van der Waals surface area contributed by atoms with Crippen LogP contribution in [0.25, 0.3) is 0 Å². The Balaban J connectivity index is 2.86. The number of guanidine groups is 1. The van der Waals surface area contributed by atoms with Crippen molar-refractivity contribution in [1.82, 2.24) is 10.6 Å². The summed E-state index contributed by atoms with van der Waals surface area (Å²) in [4.78, 5) is 16.2. The summed E-state index contributed by atoms with van der Waals surface area (Å²) in [6.45, 7) is 6.90. The van der Waals surface area contributed by atoms with Crippen LogP contribution < -0.4 is 20.7 Å². The second-order valence-electron chi connectivity index (χ2n) is 4.21. The molecule has 0 bridgehead atoms. The zero-order valence-corrected chi connectivity index (χ0v) is 13.5. The lowest BCUT2D eigenvalue weighted by Gasteiger charge is -2.15. The molecule has 21 heavy (non-hydrogen) atoms. The fraction of sp³-hybridized carbons (Fsp3) is 0.429. The Hall–Kier alpha value is -1.95. The number of nitrogens with zero attached hydrogens (tertiary/aromatic N) is 1. The molecule has 0 atom stereocenters. The summed E-state index contributed by atoms with van der Waals surface area (Å²) in [7, 11) is 1.53. The predicted molar refractivity (Wildman–Crippen MR) is 86.5 cm³/mol. The van der Waals surface area contributed by atoms with E-state index in [1.807, 2.05) is 26.8 Å². The van der Waals surface area contributed by atoms with E-state index in [2.05, 4.69) is 20.9 Å². The predicted octanol–water partition coefficient (Wildman–Crippen LogP) is 2.76. The van der Waals surface area contributed by atoms with Crippen molar-refractivity contribution in [1.29, 1.82) is 0 Å². The molecule has 116 valence electrons. The largest absolute Gasteiger partial charge is 0.495 e. The van der Waals surface area contributed by atoms with Gasteiger partial charge in [0.1, 0.15) is 10.8 Å². The quantitative estimate of drug-likeness (QED) is 0.591. The van der Waals surface area contributed by atoms with Gasteiger partial charge >= 0.3 is 6.03 Å². The number of nitrogens with one attached hydrogen (secondary N) is 3. The number of benzene rings is 1. The van der Waals surface area contributed by atoms with Crippen molar-refractivity contribution < 1.29 is 9.53 Å². The molecule has 0 fully saturated rings. The third-order valence-corrected chi connectivity index (χ3v) is 3.04. The maximum absolute atomic E-state index is 12.0. The van der Waals surface area contributed by atoms with E-state index in [1.165, 1.54) is 7.11 Å². The number of urea groups is 1. The van der Waals surface area contributed by atoms with Gasteiger partial charge in [-0.05, 0) is 32.4 Å². The van der Waals surface area contributed by atoms with Gasteiger partial charge in [-0.3, -0.25) is 10.3 Å². The first-order valence-corrected chi connectivity index (χ1v) is 7.10. The average molecular weight is 313 g/mol. The molecule has 0 aromatic heterocycles. The van der Waals surface area contributed by atoms with Crippen molar-refractivity contribution >= 4 is 29.3 Å². The molecule has 0 unspecified atom stereocenters. The highest BCUT2D eigenvalue weighted by Gasteiger charge is 2.13. The van der Waals surface area contributed by atoms with Gasteiger partial charge < -0.3 is 15.4 Å². The van der Waals surface area contributed by atoms with E-state index in [4.69, 9.17) is 16.3 Å². The second-order valence-corrected chi connectivity index (χ2v) is 4.58. The fourth-order valence-electron chi connectivity index (χ4n) is 1.68. The monoisotopic (exact) mass is 312 g/mol. The first kappa shape index (κ1) is 17.1. The number of carbonyl (C=O) groups excluding carboxylic acids is 1. The molecule has 0 saturated heterocycles. The molecule has 1 aromatic carbocycles. The zero-order valence-electron chi connectivity index (χ0n) is 12.7. The number of aliphatic imine (C=N–C) groups is 1. The lowest BCUT2D eigenvalue weighted by Crippen LogP contribution is -2.43. The SMILES string of the molecule is CCN=C(NCC)NC(=O)Nc1c(C)ccc(OC)c1Cl. The number of anilines is 1. The Morgan fingerprint density at radius 2 is 2.10 bits per heavy atom. The minimum absolute atomic E-state index is 0.366. The Bertz CT molecular complexity index is 532. The van der Waals surface area contributed by atoms with Crippen LogP contribution in [-0.4, -0.2) is 32.2 Å². The van der Waals surface area contributed by atoms with Crippen LogP contribution in [-0.2, 0) is 0 Å². The normalized spacial score (nSPS) is 11.0. The highest BCUT2D eigenvalue weighted by Crippen LogP contribution is 2.34. The van der Waals surface area contributed by atoms with Crippen molar-refractivity contribution in [3.63, 3.8) is 0 Å². The Kier molecular flexibility index (Phi) is 6.81. The highest BCUT2D eigenvalue weighted by atomic mass is 35.5. The summed E-state index contributed by atoms with van der Waals surface area (Å²) in [6.07, 6.45) is 0. The van der Waals surface area contributed by atoms with Crippen LogP contribution in [0, 0.1) is 6.92 Å². The number of halogens is 1. The third kappa shape index (κ3) is 4.82. The summed E-state index contributed by atoms with van der Waals surface area (Å²) in [5.41, 5.74) is 1.36. The van der Waals surface area contributed by atoms with Crippen LogP contribution in [0.2, 0.25) is 5.02 Å². The van der Waals surface area contributed by atoms with Gasteiger partial charge in [-0.2, -0.15) is 0 Å². The van der Waals surface area contributed by atoms with Crippen LogP contribution in [0.4, 0.5) is 10.5 Å². The lowest BCUT2D eigenvalue weighted by atomic mass is 10.2. The van der Waals surface area contributed by atoms with Crippen LogP contribution >= 0.6 is 11.6 Å². The number of aryl methyl sites for hydroxylation is 1. The first-order valence-electron chi connectivity index (χ1n) is 6.72. The number of hydrogen-bond donors (Lipinski definition) is 3. The molecule has 0 aliphatic carbocycles. The van der Waals surface area contributed by atoms with Gasteiger partial charge in [0.25, 0.3) is 0 Å². The van der Waals surface area contributed by atoms with Crippen molar-refractivity contribution in [2.75, 3.05) is 25.5 Å². The maximum Gasteiger partial charge on any atom is 0.326 e. The molecule has 0 aliphatic heterocycles. The molecular formula is C14H21ClN4O2. The average Bonchev–Trinajstić information content (AvgIpc) is 2.44. The van der Waals surface area contributed by atoms with Crippen LogP contribution in [0.3, 0.4) is 0 Å². The van der Waals surface area contributed by atoms with Gasteiger partial charge in [0, 0.05) is 13.1 Å². The summed E-state index contributed by atoms with van der Waals surface area (Å²) >= 11 is 6.20. The molecule has 7 heteroatoms. The molecule has 0 radical (unpaired) electrons. The number of amides is 2. The van der Waals surface area contributed by atoms with Crippen molar-refractivity contribution in [3.8, 4) is 5.75 Å². The van der Waals surface area contributed by atoms with Gasteiger partial charge in [-0.25, -0.2) is 4.79 Å². The highest BCUT2D eigenvalue weighted by molar-refractivity contribution is 6.35. The molecule has 2 amide bonds. The van der Waals surface area contributed by atoms with E-state index in [9.17, 15) is 4.79 Å². The number of carbonyl (C=O) groups is 1. The van der Waals surface area contributed by atoms with Crippen molar-refractivity contribution in [3.05, 3.63) is 22.7 Å². The van der Waals surface area contributed by atoms with Gasteiger partial charge in [0.15, 0.2) is 5.96 Å². The van der Waals surface area contributed by atoms with Crippen LogP contribution in [0.1, 0.15) is 19.4 Å². The minimum Gasteiger partial charge on any atom is -0.495 e. The van der Waals surface area contributed by atoms with Crippen LogP contribution in [0.5, 0.6) is 5.75 Å². The maximum atomic E-state index is 12.0. The molecule has 0 heterocycles. The molecule has 6 nitrogen and oxygen atoms in total. The molecular weight excluding hydrogens is 292 g/mol. The van der Waals surface area contributed by atoms with E-state index in [0.717, 1.165) is 5.56 Å². The van der Waals surface area contributed by atoms with Gasteiger partial charge in [-0.1, -0.05) is 17.7 Å². The number of hydrogen-bond acceptors (Lipinski definition) is 3. The van der Waals surface area contributed by atoms with Crippen molar-refractivity contribution in [2.24, 2.45) is 4.99 Å². The molecule has 0 saturated carbocycles. The standard InChI is InChI=1S/C14H21ClN4O2/c1-5-16-13(17-6-2)19-14(20)18-12-9(3)7-8-10(21-4)11(12)15/h7-8H,5-6H2,1-4H3,(H3,16,17,18,19,20). The van der Waals surface area contributed by atoms with Crippen LogP contribution in [0.15, 0.2) is 17.1 Å². The van der Waals surface area contributed by atoms with Gasteiger partial charge in [0.05, 0.1) is 12.8 Å². The summed E-state index contributed by atoms with van der Waals surface area (Å²) in [5.74, 6) is 0.931. The molecule has 0 spiro atoms. The number of rotatable bonds is 4. The molecule has 1 aromatic rings. The topological polar surface area (TPSA) is 74.8 Å². The summed E-state index contributed by atoms with van der Waals surface area (Å²) in [5, 5.41) is 8.70. The van der Waals surface area contributed by atoms with E-state index in [0.29, 0.717) is 35.5 Å². The van der Waals surface area contributed by atoms with E-state index in [1.54, 1.807) is 6.07 Å². The van der Waals surface area contributed by atoms with Crippen molar-refractivity contribution in [2.45, 2.75) is 20.8 Å². The zero-order chi connectivity index (χ0) is 15.8. The van der Waals surface area contributed by atoms with E-state index in [-0.39, 0.29) is 0 Å². The second kappa shape index (κ2) is 8.36. The number of methoxy groups -OCH3 is 1. The first-order chi connectivity index (χ1) is 10.0. The Morgan fingerprint density at radius 1 is 1.38 bits per heavy atom. The summed E-state index contributed by atoms with van der Waals surface area (Å²) in [6, 6.07) is 3.16. The Morgan fingerprint density at radius 3 is 2.67 bits per heavy atom. The van der Waals surface area contributed by atoms with Gasteiger partial charge in [-0.15, -0.1) is 0 Å². The van der Waals surface area contributed by atoms with E-state index < -0.39 is 6.03 Å². The van der Waals surface area contributed by atoms with Gasteiger partial charge in [0.2, 0.25) is 0 Å². The number of ether oxygens (including phenoxy) is 1. The molecule has 3 N–H and O–H groups in total. The minimum atomic E-state index is -0.415. The summed E-state index contributed by atoms with van der Waals surface area (Å²) < 4.78 is 5.14.